The molecule has 0 aliphatic carbocycles. The van der Waals surface area contributed by atoms with Crippen LogP contribution in [0.2, 0.25) is 0 Å². The largest absolute Gasteiger partial charge is 0.236 e. The summed E-state index contributed by atoms with van der Waals surface area (Å²) < 4.78 is 0. The van der Waals surface area contributed by atoms with E-state index in [0.717, 1.165) is 12.8 Å². The van der Waals surface area contributed by atoms with Crippen LogP contribution >= 0.6 is 0 Å². The summed E-state index contributed by atoms with van der Waals surface area (Å²) in [5.74, 6) is 0. The molecule has 1 radical (unpaired) electrons. The first-order valence-electron chi connectivity index (χ1n) is 5.00. The molecule has 1 rings (SSSR count). The van der Waals surface area contributed by atoms with Crippen LogP contribution in [0.5, 0.6) is 0 Å². The van der Waals surface area contributed by atoms with Crippen molar-refractivity contribution in [2.75, 3.05) is 6.61 Å². The van der Waals surface area contributed by atoms with Crippen molar-refractivity contribution in [3.63, 3.8) is 0 Å². The van der Waals surface area contributed by atoms with Gasteiger partial charge in [0.1, 0.15) is 0 Å². The molecular weight excluding hydrogens is 160 g/mol. The molecule has 0 spiro atoms. The Kier molecular flexibility index (Phi) is 3.97. The second kappa shape index (κ2) is 5.03. The number of rotatable bonds is 4. The lowest BCUT2D eigenvalue weighted by Gasteiger charge is -2.07. The molecule has 0 aromatic heterocycles. The van der Waals surface area contributed by atoms with Gasteiger partial charge in [0.2, 0.25) is 0 Å². The monoisotopic (exact) mass is 177 g/mol. The third-order valence-electron chi connectivity index (χ3n) is 2.43. The Morgan fingerprint density at radius 3 is 2.38 bits per heavy atom. The first-order valence-corrected chi connectivity index (χ1v) is 5.00. The third kappa shape index (κ3) is 2.56. The van der Waals surface area contributed by atoms with Gasteiger partial charge in [0.05, 0.1) is 6.61 Å². The van der Waals surface area contributed by atoms with Crippen molar-refractivity contribution in [2.45, 2.75) is 33.1 Å². The van der Waals surface area contributed by atoms with Crippen molar-refractivity contribution in [3.05, 3.63) is 34.9 Å². The Morgan fingerprint density at radius 2 is 1.85 bits per heavy atom. The summed E-state index contributed by atoms with van der Waals surface area (Å²) >= 11 is 0. The molecule has 0 fully saturated rings. The predicted molar refractivity (Wildman–Crippen MR) is 54.5 cm³/mol. The first kappa shape index (κ1) is 10.3. The molecular formula is C12H17O. The molecule has 0 amide bonds. The van der Waals surface area contributed by atoms with Crippen LogP contribution in [0.1, 0.15) is 30.5 Å². The molecule has 0 bridgehead atoms. The highest BCUT2D eigenvalue weighted by atomic mass is 16.2. The van der Waals surface area contributed by atoms with Crippen molar-refractivity contribution >= 4 is 0 Å². The van der Waals surface area contributed by atoms with Crippen LogP contribution in [0.25, 0.3) is 0 Å². The smallest absolute Gasteiger partial charge is 0.0862 e. The van der Waals surface area contributed by atoms with Crippen LogP contribution in [0, 0.1) is 0 Å². The van der Waals surface area contributed by atoms with Gasteiger partial charge in [-0.2, -0.15) is 0 Å². The summed E-state index contributed by atoms with van der Waals surface area (Å²) in [4.78, 5) is 0. The van der Waals surface area contributed by atoms with Gasteiger partial charge in [-0.3, -0.25) is 0 Å². The Bertz CT molecular complexity index is 266. The molecule has 0 saturated carbocycles. The van der Waals surface area contributed by atoms with Crippen LogP contribution in [-0.2, 0) is 24.4 Å². The van der Waals surface area contributed by atoms with Gasteiger partial charge in [-0.05, 0) is 36.0 Å². The highest BCUT2D eigenvalue weighted by molar-refractivity contribution is 5.32. The van der Waals surface area contributed by atoms with Gasteiger partial charge in [0.25, 0.3) is 0 Å². The molecule has 0 aliphatic rings. The second-order valence-corrected chi connectivity index (χ2v) is 3.26. The maximum absolute atomic E-state index is 10.5. The summed E-state index contributed by atoms with van der Waals surface area (Å²) in [5, 5.41) is 10.5. The van der Waals surface area contributed by atoms with E-state index in [1.54, 1.807) is 0 Å². The zero-order valence-corrected chi connectivity index (χ0v) is 8.47. The Hall–Kier alpha value is -0.820. The van der Waals surface area contributed by atoms with E-state index in [0.29, 0.717) is 6.42 Å². The third-order valence-corrected chi connectivity index (χ3v) is 2.43. The fourth-order valence-electron chi connectivity index (χ4n) is 1.58. The Balaban J connectivity index is 2.93. The summed E-state index contributed by atoms with van der Waals surface area (Å²) in [6, 6.07) is 6.46. The number of hydrogen-bond acceptors (Lipinski definition) is 0. The van der Waals surface area contributed by atoms with Crippen molar-refractivity contribution < 1.29 is 5.11 Å². The minimum atomic E-state index is -0.00152. The van der Waals surface area contributed by atoms with Gasteiger partial charge in [0, 0.05) is 0 Å². The highest BCUT2D eigenvalue weighted by Crippen LogP contribution is 2.14. The number of aryl methyl sites for hydroxylation is 2. The zero-order valence-electron chi connectivity index (χ0n) is 8.47. The molecule has 0 N–H and O–H groups in total. The van der Waals surface area contributed by atoms with Crippen molar-refractivity contribution in [1.82, 2.24) is 0 Å². The molecule has 0 saturated heterocycles. The molecule has 0 aliphatic heterocycles. The van der Waals surface area contributed by atoms with E-state index in [1.807, 2.05) is 0 Å². The summed E-state index contributed by atoms with van der Waals surface area (Å²) in [5.41, 5.74) is 3.94. The van der Waals surface area contributed by atoms with E-state index in [-0.39, 0.29) is 6.61 Å². The quantitative estimate of drug-likeness (QED) is 0.674. The Labute approximate surface area is 80.4 Å². The van der Waals surface area contributed by atoms with Gasteiger partial charge in [-0.15, -0.1) is 0 Å². The van der Waals surface area contributed by atoms with Gasteiger partial charge in [-0.1, -0.05) is 32.0 Å². The van der Waals surface area contributed by atoms with Crippen molar-refractivity contribution in [2.24, 2.45) is 0 Å². The van der Waals surface area contributed by atoms with Crippen LogP contribution in [-0.4, -0.2) is 6.61 Å². The lowest BCUT2D eigenvalue weighted by molar-refractivity contribution is 0.197. The molecule has 1 aromatic rings. The number of benzene rings is 1. The minimum absolute atomic E-state index is 0.00152. The van der Waals surface area contributed by atoms with E-state index in [4.69, 9.17) is 0 Å². The maximum atomic E-state index is 10.5. The lowest BCUT2D eigenvalue weighted by atomic mass is 9.99. The standard InChI is InChI=1S/C12H17O/c1-3-10-5-6-12(7-8-13)11(4-2)9-10/h5-6,9H,3-4,7-8H2,1-2H3. The second-order valence-electron chi connectivity index (χ2n) is 3.26. The summed E-state index contributed by atoms with van der Waals surface area (Å²) in [6.07, 6.45) is 2.78. The molecule has 13 heavy (non-hydrogen) atoms. The molecule has 1 heteroatoms. The van der Waals surface area contributed by atoms with E-state index in [2.05, 4.69) is 32.0 Å². The molecule has 0 atom stereocenters. The lowest BCUT2D eigenvalue weighted by Crippen LogP contribution is -1.97. The predicted octanol–water partition coefficient (Wildman–Crippen LogP) is 2.78. The van der Waals surface area contributed by atoms with E-state index in [9.17, 15) is 5.11 Å². The molecule has 1 nitrogen and oxygen atoms in total. The van der Waals surface area contributed by atoms with Crippen LogP contribution in [0.15, 0.2) is 18.2 Å². The van der Waals surface area contributed by atoms with Gasteiger partial charge in [-0.25, -0.2) is 5.11 Å². The SMILES string of the molecule is CCc1ccc(CC[O])c(CC)c1. The maximum Gasteiger partial charge on any atom is 0.0862 e. The molecule has 0 heterocycles. The van der Waals surface area contributed by atoms with Crippen LogP contribution in [0.4, 0.5) is 0 Å². The highest BCUT2D eigenvalue weighted by Gasteiger charge is 2.01. The van der Waals surface area contributed by atoms with Crippen LogP contribution < -0.4 is 0 Å². The van der Waals surface area contributed by atoms with Crippen LogP contribution in [0.3, 0.4) is 0 Å². The number of hydrogen-bond donors (Lipinski definition) is 0. The topological polar surface area (TPSA) is 19.9 Å². The fraction of sp³-hybridized carbons (Fsp3) is 0.500. The fourth-order valence-corrected chi connectivity index (χ4v) is 1.58. The van der Waals surface area contributed by atoms with Crippen molar-refractivity contribution in [1.29, 1.82) is 0 Å². The van der Waals surface area contributed by atoms with E-state index >= 15 is 0 Å². The van der Waals surface area contributed by atoms with Crippen molar-refractivity contribution in [3.8, 4) is 0 Å². The summed E-state index contributed by atoms with van der Waals surface area (Å²) in [6.45, 7) is 4.30. The molecule has 0 unspecified atom stereocenters. The molecule has 71 valence electrons. The summed E-state index contributed by atoms with van der Waals surface area (Å²) in [7, 11) is 0. The average Bonchev–Trinajstić information content (AvgIpc) is 2.19. The normalized spacial score (nSPS) is 10.4. The average molecular weight is 177 g/mol. The first-order chi connectivity index (χ1) is 6.31. The van der Waals surface area contributed by atoms with Gasteiger partial charge < -0.3 is 0 Å². The van der Waals surface area contributed by atoms with E-state index in [1.165, 1.54) is 16.7 Å². The van der Waals surface area contributed by atoms with Gasteiger partial charge in [0.15, 0.2) is 0 Å². The van der Waals surface area contributed by atoms with E-state index < -0.39 is 0 Å². The Morgan fingerprint density at radius 1 is 1.08 bits per heavy atom. The molecule has 1 aromatic carbocycles. The van der Waals surface area contributed by atoms with Gasteiger partial charge >= 0.3 is 0 Å². The minimum Gasteiger partial charge on any atom is -0.236 e. The zero-order chi connectivity index (χ0) is 9.68.